The first-order valence-electron chi connectivity index (χ1n) is 12.6. The van der Waals surface area contributed by atoms with Crippen LogP contribution in [0.3, 0.4) is 0 Å². The second-order valence-electron chi connectivity index (χ2n) is 12.0. The van der Waals surface area contributed by atoms with Gasteiger partial charge in [0.2, 0.25) is 0 Å². The molecule has 5 fully saturated rings. The Morgan fingerprint density at radius 1 is 1.09 bits per heavy atom. The normalized spacial score (nSPS) is 51.1. The van der Waals surface area contributed by atoms with Gasteiger partial charge >= 0.3 is 11.6 Å². The summed E-state index contributed by atoms with van der Waals surface area (Å²) in [6, 6.07) is 3.56. The lowest BCUT2D eigenvalue weighted by Crippen LogP contribution is -2.58. The van der Waals surface area contributed by atoms with Gasteiger partial charge in [-0.05, 0) is 85.7 Å². The van der Waals surface area contributed by atoms with Gasteiger partial charge in [0.15, 0.2) is 0 Å². The summed E-state index contributed by atoms with van der Waals surface area (Å²) in [5, 5.41) is 0. The molecule has 4 aliphatic carbocycles. The molecule has 1 spiro atoms. The maximum atomic E-state index is 11.6. The van der Waals surface area contributed by atoms with Crippen molar-refractivity contribution in [2.24, 2.45) is 34.5 Å². The fourth-order valence-corrected chi connectivity index (χ4v) is 9.62. The van der Waals surface area contributed by atoms with Gasteiger partial charge in [-0.2, -0.15) is 0 Å². The van der Waals surface area contributed by atoms with E-state index < -0.39 is 0 Å². The van der Waals surface area contributed by atoms with Crippen LogP contribution in [-0.2, 0) is 14.3 Å². The highest BCUT2D eigenvalue weighted by Gasteiger charge is 2.82. The van der Waals surface area contributed by atoms with Crippen molar-refractivity contribution in [2.45, 2.75) is 96.4 Å². The van der Waals surface area contributed by atoms with E-state index in [1.165, 1.54) is 26.2 Å². The highest BCUT2D eigenvalue weighted by molar-refractivity contribution is 5.66. The van der Waals surface area contributed by atoms with E-state index in [9.17, 15) is 9.59 Å². The Balaban J connectivity index is 1.31. The Morgan fingerprint density at radius 3 is 2.62 bits per heavy atom. The molecule has 6 rings (SSSR count). The van der Waals surface area contributed by atoms with E-state index in [1.54, 1.807) is 12.3 Å². The largest absolute Gasteiger partial charge is 0.463 e. The molecular weight excluding hydrogens is 404 g/mol. The summed E-state index contributed by atoms with van der Waals surface area (Å²) >= 11 is 0. The molecule has 0 aromatic carbocycles. The predicted octanol–water partition coefficient (Wildman–Crippen LogP) is 5.08. The number of carbonyl (C=O) groups is 1. The van der Waals surface area contributed by atoms with E-state index in [2.05, 4.69) is 20.8 Å². The van der Waals surface area contributed by atoms with Crippen molar-refractivity contribution in [3.63, 3.8) is 0 Å². The number of hydrogen-bond acceptors (Lipinski definition) is 5. The zero-order valence-corrected chi connectivity index (χ0v) is 19.8. The molecule has 5 nitrogen and oxygen atoms in total. The number of ether oxygens (including phenoxy) is 2. The van der Waals surface area contributed by atoms with Gasteiger partial charge in [0, 0.05) is 24.3 Å². The van der Waals surface area contributed by atoms with Crippen LogP contribution in [0.2, 0.25) is 0 Å². The second-order valence-corrected chi connectivity index (χ2v) is 12.0. The van der Waals surface area contributed by atoms with Crippen LogP contribution < -0.4 is 5.63 Å². The van der Waals surface area contributed by atoms with Crippen molar-refractivity contribution >= 4 is 5.97 Å². The minimum Gasteiger partial charge on any atom is -0.463 e. The topological polar surface area (TPSA) is 69.0 Å². The Morgan fingerprint density at radius 2 is 1.91 bits per heavy atom. The Labute approximate surface area is 190 Å². The van der Waals surface area contributed by atoms with Gasteiger partial charge in [-0.1, -0.05) is 20.8 Å². The zero-order chi connectivity index (χ0) is 22.5. The summed E-state index contributed by atoms with van der Waals surface area (Å²) in [5.41, 5.74) is 1.25. The van der Waals surface area contributed by atoms with Gasteiger partial charge < -0.3 is 13.9 Å². The van der Waals surface area contributed by atoms with Crippen molar-refractivity contribution in [3.05, 3.63) is 34.4 Å². The SMILES string of the molecule is CC(=O)O[C@H]1CC[C@@]2(C)[C@H](CC[C@@H]3[C@@H]2CC[C@]2(C)[C@@H](c4ccc(=O)oc4)[C@@H](C)[C@H]4O[C@]342)C1. The third kappa shape index (κ3) is 2.55. The molecule has 0 N–H and O–H groups in total. The first kappa shape index (κ1) is 20.9. The minimum atomic E-state index is -0.278. The van der Waals surface area contributed by atoms with Crippen molar-refractivity contribution < 1.29 is 18.7 Å². The van der Waals surface area contributed by atoms with Crippen LogP contribution in [0.5, 0.6) is 0 Å². The summed E-state index contributed by atoms with van der Waals surface area (Å²) in [6.45, 7) is 8.85. The molecule has 0 bridgehead atoms. The number of rotatable bonds is 2. The van der Waals surface area contributed by atoms with E-state index in [0.717, 1.165) is 31.2 Å². The Bertz CT molecular complexity index is 980. The minimum absolute atomic E-state index is 0.0309. The van der Waals surface area contributed by atoms with Crippen LogP contribution in [0.15, 0.2) is 27.6 Å². The highest BCUT2D eigenvalue weighted by atomic mass is 16.6. The number of esters is 1. The molecule has 5 heteroatoms. The molecule has 1 aliphatic heterocycles. The quantitative estimate of drug-likeness (QED) is 0.474. The monoisotopic (exact) mass is 440 g/mol. The van der Waals surface area contributed by atoms with Gasteiger partial charge in [-0.25, -0.2) is 4.79 Å². The standard InChI is InChI=1S/C27H36O5/c1-15-23(17-5-8-22(29)30-14-17)26(4)12-10-20-21(27(26)24(15)32-27)7-6-18-13-19(31-16(2)28)9-11-25(18,20)3/h5,8,14-15,18-21,23-24H,6-7,9-13H2,1-4H3/t15-,18-,19+,20+,21-,23-,24-,25+,26-,27-/m1/s1. The predicted molar refractivity (Wildman–Crippen MR) is 119 cm³/mol. The number of epoxide rings is 1. The van der Waals surface area contributed by atoms with Crippen LogP contribution >= 0.6 is 0 Å². The molecule has 174 valence electrons. The lowest BCUT2D eigenvalue weighted by molar-refractivity contribution is -0.163. The molecule has 5 aliphatic rings. The molecule has 1 saturated heterocycles. The average Bonchev–Trinajstić information content (AvgIpc) is 3.45. The van der Waals surface area contributed by atoms with Gasteiger partial charge in [0.1, 0.15) is 11.7 Å². The summed E-state index contributed by atoms with van der Waals surface area (Å²) in [5.74, 6) is 2.57. The van der Waals surface area contributed by atoms with Gasteiger partial charge in [0.05, 0.1) is 12.4 Å². The maximum absolute atomic E-state index is 11.6. The number of fused-ring (bicyclic) bond motifs is 3. The third-order valence-corrected chi connectivity index (χ3v) is 10.9. The smallest absolute Gasteiger partial charge is 0.335 e. The van der Waals surface area contributed by atoms with E-state index in [1.807, 2.05) is 6.07 Å². The summed E-state index contributed by atoms with van der Waals surface area (Å²) in [7, 11) is 0. The van der Waals surface area contributed by atoms with Crippen molar-refractivity contribution in [1.29, 1.82) is 0 Å². The van der Waals surface area contributed by atoms with Crippen LogP contribution in [0, 0.1) is 34.5 Å². The van der Waals surface area contributed by atoms with E-state index >= 15 is 0 Å². The van der Waals surface area contributed by atoms with Crippen LogP contribution in [0.25, 0.3) is 0 Å². The van der Waals surface area contributed by atoms with E-state index in [-0.39, 0.29) is 28.7 Å². The van der Waals surface area contributed by atoms with Gasteiger partial charge in [0.25, 0.3) is 0 Å². The van der Waals surface area contributed by atoms with Crippen molar-refractivity contribution in [2.75, 3.05) is 0 Å². The molecule has 1 aromatic heterocycles. The molecule has 10 atom stereocenters. The third-order valence-electron chi connectivity index (χ3n) is 10.9. The molecule has 2 heterocycles. The van der Waals surface area contributed by atoms with Crippen molar-refractivity contribution in [1.82, 2.24) is 0 Å². The second kappa shape index (κ2) is 6.71. The average molecular weight is 441 g/mol. The van der Waals surface area contributed by atoms with Gasteiger partial charge in [-0.15, -0.1) is 0 Å². The molecular formula is C27H36O5. The first-order chi connectivity index (χ1) is 15.2. The fraction of sp³-hybridized carbons (Fsp3) is 0.778. The molecule has 4 saturated carbocycles. The van der Waals surface area contributed by atoms with E-state index in [0.29, 0.717) is 41.1 Å². The molecule has 32 heavy (non-hydrogen) atoms. The summed E-state index contributed by atoms with van der Waals surface area (Å²) in [4.78, 5) is 23.1. The van der Waals surface area contributed by atoms with E-state index in [4.69, 9.17) is 13.9 Å². The Hall–Kier alpha value is -1.62. The molecule has 0 radical (unpaired) electrons. The summed E-state index contributed by atoms with van der Waals surface area (Å²) < 4.78 is 17.7. The van der Waals surface area contributed by atoms with Gasteiger partial charge in [-0.3, -0.25) is 4.79 Å². The fourth-order valence-electron chi connectivity index (χ4n) is 9.62. The highest BCUT2D eigenvalue weighted by Crippen LogP contribution is 2.79. The lowest BCUT2D eigenvalue weighted by atomic mass is 9.44. The Kier molecular flexibility index (Phi) is 4.39. The number of carbonyl (C=O) groups excluding carboxylic acids is 1. The number of hydrogen-bond donors (Lipinski definition) is 0. The molecule has 0 amide bonds. The zero-order valence-electron chi connectivity index (χ0n) is 19.8. The van der Waals surface area contributed by atoms with Crippen LogP contribution in [0.4, 0.5) is 0 Å². The lowest BCUT2D eigenvalue weighted by Gasteiger charge is -2.61. The molecule has 1 aromatic rings. The maximum Gasteiger partial charge on any atom is 0.335 e. The van der Waals surface area contributed by atoms with Crippen LogP contribution in [0.1, 0.15) is 84.1 Å². The van der Waals surface area contributed by atoms with Crippen LogP contribution in [-0.4, -0.2) is 23.8 Å². The van der Waals surface area contributed by atoms with Crippen molar-refractivity contribution in [3.8, 4) is 0 Å². The first-order valence-corrected chi connectivity index (χ1v) is 12.6. The molecule has 0 unspecified atom stereocenters. The summed E-state index contributed by atoms with van der Waals surface area (Å²) in [6.07, 6.45) is 10.1.